The summed E-state index contributed by atoms with van der Waals surface area (Å²) in [6, 6.07) is 15.3. The number of nitrogens with one attached hydrogen (secondary N) is 1. The molecule has 0 bridgehead atoms. The average molecular weight is 737 g/mol. The number of allylic oxidation sites excluding steroid dienone is 2. The van der Waals surface area contributed by atoms with Crippen LogP contribution in [0.1, 0.15) is 43.2 Å². The molecule has 2 saturated heterocycles. The van der Waals surface area contributed by atoms with E-state index in [0.29, 0.717) is 44.8 Å². The number of nitrogens with zero attached hydrogens (tertiary/aromatic N) is 2. The Balaban J connectivity index is 1.49. The Hall–Kier alpha value is -4.22. The normalized spacial score (nSPS) is 27.9. The van der Waals surface area contributed by atoms with Gasteiger partial charge in [-0.3, -0.25) is 29.5 Å². The third kappa shape index (κ3) is 4.69. The van der Waals surface area contributed by atoms with E-state index >= 15 is 4.79 Å². The lowest BCUT2D eigenvalue weighted by Crippen LogP contribution is -2.53. The maximum Gasteiger partial charge on any atom is 0.260 e. The first kappa shape index (κ1) is 32.3. The van der Waals surface area contributed by atoms with Gasteiger partial charge in [0, 0.05) is 27.5 Å². The molecule has 7 rings (SSSR count). The predicted molar refractivity (Wildman–Crippen MR) is 178 cm³/mol. The molecule has 9 nitrogen and oxygen atoms in total. The number of amides is 4. The first-order valence-corrected chi connectivity index (χ1v) is 17.0. The smallest absolute Gasteiger partial charge is 0.260 e. The molecule has 3 aromatic carbocycles. The van der Waals surface area contributed by atoms with E-state index in [-0.39, 0.29) is 36.2 Å². The van der Waals surface area contributed by atoms with Crippen LogP contribution in [0.15, 0.2) is 76.8 Å². The molecule has 2 heterocycles. The van der Waals surface area contributed by atoms with E-state index in [1.807, 2.05) is 13.0 Å². The molecule has 6 atom stereocenters. The summed E-state index contributed by atoms with van der Waals surface area (Å²) in [6.07, 6.45) is 2.90. The molecule has 0 radical (unpaired) electrons. The second-order valence-electron chi connectivity index (χ2n) is 12.7. The van der Waals surface area contributed by atoms with Crippen LogP contribution in [0, 0.1) is 29.5 Å². The standard InChI is InChI=1S/C36H32BrClFN3O6/c1-3-14-41-32(44)24-13-12-23-25(29(24)34(41)46)17-27-33(45)42(40-22-10-8-21(39)9-11-22)35(47)36(27,18-4-6-20(38)7-5-18)30(23)26-15-19(37)16-28(48-2)31(26)43/h4-12,15-16,24-25,27,29-30,40,43H,3,13-14,17H2,1-2H3/t24-,25+,27-,29-,30+,36+/m0/s1. The van der Waals surface area contributed by atoms with E-state index < -0.39 is 52.6 Å². The summed E-state index contributed by atoms with van der Waals surface area (Å²) < 4.78 is 19.9. The van der Waals surface area contributed by atoms with Crippen molar-refractivity contribution < 1.29 is 33.4 Å². The number of rotatable bonds is 7. The highest BCUT2D eigenvalue weighted by molar-refractivity contribution is 9.10. The van der Waals surface area contributed by atoms with E-state index in [1.165, 1.54) is 36.3 Å². The topological polar surface area (TPSA) is 116 Å². The van der Waals surface area contributed by atoms with Crippen LogP contribution in [0.4, 0.5) is 10.1 Å². The van der Waals surface area contributed by atoms with Crippen molar-refractivity contribution in [2.24, 2.45) is 23.7 Å². The Kier molecular flexibility index (Phi) is 8.10. The summed E-state index contributed by atoms with van der Waals surface area (Å²) in [6.45, 7) is 2.20. The minimum Gasteiger partial charge on any atom is -0.504 e. The molecular weight excluding hydrogens is 705 g/mol. The maximum atomic E-state index is 15.2. The van der Waals surface area contributed by atoms with Crippen LogP contribution in [0.2, 0.25) is 5.02 Å². The van der Waals surface area contributed by atoms with Gasteiger partial charge in [0.1, 0.15) is 5.82 Å². The molecule has 0 spiro atoms. The Bertz CT molecular complexity index is 1890. The van der Waals surface area contributed by atoms with Crippen molar-refractivity contribution in [3.63, 3.8) is 0 Å². The van der Waals surface area contributed by atoms with Gasteiger partial charge in [-0.15, -0.1) is 0 Å². The van der Waals surface area contributed by atoms with Gasteiger partial charge in [0.05, 0.1) is 36.0 Å². The summed E-state index contributed by atoms with van der Waals surface area (Å²) in [5.74, 6) is -6.08. The average Bonchev–Trinajstić information content (AvgIpc) is 3.44. The fraction of sp³-hybridized carbons (Fsp3) is 0.333. The van der Waals surface area contributed by atoms with Gasteiger partial charge in [-0.25, -0.2) is 4.39 Å². The van der Waals surface area contributed by atoms with Crippen molar-refractivity contribution in [2.45, 2.75) is 37.5 Å². The second-order valence-corrected chi connectivity index (χ2v) is 14.1. The number of benzene rings is 3. The molecule has 4 aliphatic rings. The van der Waals surface area contributed by atoms with Crippen LogP contribution in [-0.2, 0) is 24.6 Å². The number of carbonyl (C=O) groups is 4. The third-order valence-electron chi connectivity index (χ3n) is 10.4. The zero-order valence-corrected chi connectivity index (χ0v) is 28.4. The highest BCUT2D eigenvalue weighted by Crippen LogP contribution is 2.65. The van der Waals surface area contributed by atoms with Crippen molar-refractivity contribution in [1.82, 2.24) is 9.91 Å². The van der Waals surface area contributed by atoms with E-state index in [2.05, 4.69) is 21.4 Å². The van der Waals surface area contributed by atoms with Crippen LogP contribution < -0.4 is 10.2 Å². The SMILES string of the molecule is CCCN1C(=O)[C@H]2[C@H](CC=C3[C@H]2C[C@H]2C(=O)N(Nc4ccc(F)cc4)C(=O)[C@@]2(c2ccc(Cl)cc2)[C@H]3c2cc(Br)cc(OC)c2O)C1=O. The zero-order valence-electron chi connectivity index (χ0n) is 26.1. The van der Waals surface area contributed by atoms with Crippen molar-refractivity contribution in [3.8, 4) is 11.5 Å². The van der Waals surface area contributed by atoms with Gasteiger partial charge in [0.15, 0.2) is 11.5 Å². The molecule has 3 fully saturated rings. The highest BCUT2D eigenvalue weighted by atomic mass is 79.9. The van der Waals surface area contributed by atoms with Crippen LogP contribution in [-0.4, -0.2) is 52.3 Å². The number of likely N-dealkylation sites (tertiary alicyclic amines) is 1. The molecule has 12 heteroatoms. The molecule has 48 heavy (non-hydrogen) atoms. The van der Waals surface area contributed by atoms with Crippen molar-refractivity contribution in [2.75, 3.05) is 19.1 Å². The molecule has 1 saturated carbocycles. The number of hydrogen-bond acceptors (Lipinski definition) is 7. The molecular formula is C36H32BrClFN3O6. The predicted octanol–water partition coefficient (Wildman–Crippen LogP) is 6.35. The number of phenols is 1. The number of hydrazine groups is 1. The highest BCUT2D eigenvalue weighted by Gasteiger charge is 2.70. The fourth-order valence-electron chi connectivity index (χ4n) is 8.48. The molecule has 248 valence electrons. The van der Waals surface area contributed by atoms with Crippen LogP contribution >= 0.6 is 27.5 Å². The number of anilines is 1. The number of fused-ring (bicyclic) bond motifs is 4. The first-order chi connectivity index (χ1) is 23.0. The van der Waals surface area contributed by atoms with E-state index in [1.54, 1.807) is 36.4 Å². The number of ether oxygens (including phenoxy) is 1. The number of hydrogen-bond donors (Lipinski definition) is 2. The van der Waals surface area contributed by atoms with Gasteiger partial charge in [0.2, 0.25) is 11.8 Å². The zero-order chi connectivity index (χ0) is 34.1. The fourth-order valence-corrected chi connectivity index (χ4v) is 9.06. The van der Waals surface area contributed by atoms with Crippen LogP contribution in [0.3, 0.4) is 0 Å². The Labute approximate surface area is 289 Å². The minimum absolute atomic E-state index is 0.100. The van der Waals surface area contributed by atoms with Gasteiger partial charge in [-0.05, 0) is 79.3 Å². The number of halogens is 3. The number of carbonyl (C=O) groups excluding carboxylic acids is 4. The quantitative estimate of drug-likeness (QED) is 0.215. The van der Waals surface area contributed by atoms with E-state index in [9.17, 15) is 23.9 Å². The summed E-state index contributed by atoms with van der Waals surface area (Å²) in [5, 5.41) is 13.2. The third-order valence-corrected chi connectivity index (χ3v) is 11.1. The molecule has 3 aromatic rings. The van der Waals surface area contributed by atoms with Crippen LogP contribution in [0.25, 0.3) is 0 Å². The number of methoxy groups -OCH3 is 1. The van der Waals surface area contributed by atoms with Crippen molar-refractivity contribution in [3.05, 3.63) is 98.8 Å². The van der Waals surface area contributed by atoms with Crippen molar-refractivity contribution in [1.29, 1.82) is 0 Å². The minimum atomic E-state index is -1.62. The van der Waals surface area contributed by atoms with Crippen molar-refractivity contribution >= 4 is 56.8 Å². The Morgan fingerprint density at radius 1 is 1.02 bits per heavy atom. The summed E-state index contributed by atoms with van der Waals surface area (Å²) in [5.41, 5.74) is 3.11. The van der Waals surface area contributed by atoms with Gasteiger partial charge < -0.3 is 9.84 Å². The van der Waals surface area contributed by atoms with Gasteiger partial charge in [0.25, 0.3) is 11.8 Å². The summed E-state index contributed by atoms with van der Waals surface area (Å²) in [7, 11) is 1.42. The summed E-state index contributed by atoms with van der Waals surface area (Å²) >= 11 is 9.87. The molecule has 2 aliphatic heterocycles. The van der Waals surface area contributed by atoms with Gasteiger partial charge in [-0.1, -0.05) is 58.2 Å². The van der Waals surface area contributed by atoms with Crippen LogP contribution in [0.5, 0.6) is 11.5 Å². The monoisotopic (exact) mass is 735 g/mol. The Morgan fingerprint density at radius 3 is 2.40 bits per heavy atom. The lowest BCUT2D eigenvalue weighted by Gasteiger charge is -2.50. The molecule has 0 aromatic heterocycles. The molecule has 0 unspecified atom stereocenters. The van der Waals surface area contributed by atoms with Gasteiger partial charge >= 0.3 is 0 Å². The lowest BCUT2D eigenvalue weighted by atomic mass is 9.49. The lowest BCUT2D eigenvalue weighted by molar-refractivity contribution is -0.141. The number of phenolic OH excluding ortho intramolecular Hbond substituents is 1. The number of imide groups is 2. The second kappa shape index (κ2) is 12.0. The Morgan fingerprint density at radius 2 is 1.73 bits per heavy atom. The molecule has 4 amide bonds. The molecule has 2 aliphatic carbocycles. The number of aromatic hydroxyl groups is 1. The van der Waals surface area contributed by atoms with E-state index in [0.717, 1.165) is 5.01 Å². The first-order valence-electron chi connectivity index (χ1n) is 15.8. The van der Waals surface area contributed by atoms with Gasteiger partial charge in [-0.2, -0.15) is 5.01 Å². The maximum absolute atomic E-state index is 15.2. The summed E-state index contributed by atoms with van der Waals surface area (Å²) in [4.78, 5) is 58.7. The molecule has 2 N–H and O–H groups in total. The largest absolute Gasteiger partial charge is 0.504 e. The van der Waals surface area contributed by atoms with E-state index in [4.69, 9.17) is 16.3 Å².